The van der Waals surface area contributed by atoms with Crippen molar-refractivity contribution >= 4 is 11.5 Å². The van der Waals surface area contributed by atoms with Crippen LogP contribution in [-0.4, -0.2) is 24.1 Å². The van der Waals surface area contributed by atoms with Gasteiger partial charge in [0.2, 0.25) is 0 Å². The Kier molecular flexibility index (Phi) is 4.45. The summed E-state index contributed by atoms with van der Waals surface area (Å²) in [6.07, 6.45) is 5.23. The second-order valence-electron chi connectivity index (χ2n) is 4.77. The molecule has 2 rings (SSSR count). The maximum atomic E-state index is 8.52. The van der Waals surface area contributed by atoms with E-state index in [0.29, 0.717) is 12.3 Å². The molecule has 1 aliphatic heterocycles. The maximum absolute atomic E-state index is 8.52. The van der Waals surface area contributed by atoms with E-state index in [4.69, 9.17) is 10.9 Å². The van der Waals surface area contributed by atoms with E-state index in [1.165, 1.54) is 30.5 Å². The molecule has 18 heavy (non-hydrogen) atoms. The molecule has 0 amide bonds. The molecular formula is C14H21N3O. The van der Waals surface area contributed by atoms with Crippen LogP contribution in [0.3, 0.4) is 0 Å². The van der Waals surface area contributed by atoms with Crippen LogP contribution < -0.4 is 10.6 Å². The first kappa shape index (κ1) is 12.7. The SMILES string of the molecule is NC(CCCN1CCCCc2ccccc21)=NO. The summed E-state index contributed by atoms with van der Waals surface area (Å²) >= 11 is 0. The topological polar surface area (TPSA) is 61.8 Å². The van der Waals surface area contributed by atoms with Crippen LogP contribution in [0.1, 0.15) is 31.2 Å². The van der Waals surface area contributed by atoms with E-state index in [1.54, 1.807) is 0 Å². The predicted octanol–water partition coefficient (Wildman–Crippen LogP) is 2.36. The number of amidine groups is 1. The Morgan fingerprint density at radius 3 is 3.00 bits per heavy atom. The summed E-state index contributed by atoms with van der Waals surface area (Å²) < 4.78 is 0. The second-order valence-corrected chi connectivity index (χ2v) is 4.77. The van der Waals surface area contributed by atoms with Gasteiger partial charge in [0.25, 0.3) is 0 Å². The number of oxime groups is 1. The van der Waals surface area contributed by atoms with Crippen molar-refractivity contribution in [3.8, 4) is 0 Å². The molecule has 3 N–H and O–H groups in total. The van der Waals surface area contributed by atoms with E-state index in [1.807, 2.05) is 0 Å². The molecule has 98 valence electrons. The molecule has 0 atom stereocenters. The second kappa shape index (κ2) is 6.28. The van der Waals surface area contributed by atoms with E-state index < -0.39 is 0 Å². The van der Waals surface area contributed by atoms with Crippen molar-refractivity contribution in [2.24, 2.45) is 10.9 Å². The average Bonchev–Trinajstić information content (AvgIpc) is 2.61. The molecule has 1 aromatic carbocycles. The van der Waals surface area contributed by atoms with Gasteiger partial charge in [0.1, 0.15) is 5.84 Å². The zero-order valence-corrected chi connectivity index (χ0v) is 10.7. The number of para-hydroxylation sites is 1. The zero-order chi connectivity index (χ0) is 12.8. The molecule has 0 spiro atoms. The normalized spacial score (nSPS) is 16.2. The number of rotatable bonds is 4. The van der Waals surface area contributed by atoms with Gasteiger partial charge < -0.3 is 15.8 Å². The van der Waals surface area contributed by atoms with Gasteiger partial charge in [0.15, 0.2) is 0 Å². The van der Waals surface area contributed by atoms with Crippen LogP contribution >= 0.6 is 0 Å². The standard InChI is InChI=1S/C14H21N3O/c15-14(16-18)9-5-11-17-10-4-3-7-12-6-1-2-8-13(12)17/h1-2,6,8,18H,3-5,7,9-11H2,(H2,15,16). The van der Waals surface area contributed by atoms with Gasteiger partial charge >= 0.3 is 0 Å². The third kappa shape index (κ3) is 3.15. The van der Waals surface area contributed by atoms with Crippen LogP contribution in [0.4, 0.5) is 5.69 Å². The van der Waals surface area contributed by atoms with E-state index in [-0.39, 0.29) is 0 Å². The molecule has 0 saturated heterocycles. The Hall–Kier alpha value is -1.71. The van der Waals surface area contributed by atoms with Gasteiger partial charge in [0.05, 0.1) is 0 Å². The highest BCUT2D eigenvalue weighted by Crippen LogP contribution is 2.26. The minimum absolute atomic E-state index is 0.318. The summed E-state index contributed by atoms with van der Waals surface area (Å²) in [5, 5.41) is 11.5. The van der Waals surface area contributed by atoms with Crippen molar-refractivity contribution in [2.75, 3.05) is 18.0 Å². The van der Waals surface area contributed by atoms with Crippen LogP contribution in [0.25, 0.3) is 0 Å². The number of benzene rings is 1. The first-order valence-electron chi connectivity index (χ1n) is 6.60. The van der Waals surface area contributed by atoms with Gasteiger partial charge in [0, 0.05) is 25.2 Å². The van der Waals surface area contributed by atoms with Crippen molar-refractivity contribution in [3.05, 3.63) is 29.8 Å². The minimum Gasteiger partial charge on any atom is -0.409 e. The predicted molar refractivity (Wildman–Crippen MR) is 74.2 cm³/mol. The lowest BCUT2D eigenvalue weighted by Gasteiger charge is -2.24. The van der Waals surface area contributed by atoms with Crippen molar-refractivity contribution < 1.29 is 5.21 Å². The Bertz CT molecular complexity index is 417. The highest BCUT2D eigenvalue weighted by molar-refractivity contribution is 5.79. The number of hydrogen-bond acceptors (Lipinski definition) is 3. The summed E-state index contributed by atoms with van der Waals surface area (Å²) in [5.41, 5.74) is 8.29. The van der Waals surface area contributed by atoms with Crippen molar-refractivity contribution in [1.82, 2.24) is 0 Å². The smallest absolute Gasteiger partial charge is 0.139 e. The number of aryl methyl sites for hydroxylation is 1. The number of hydrogen-bond donors (Lipinski definition) is 2. The van der Waals surface area contributed by atoms with E-state index in [2.05, 4.69) is 34.3 Å². The molecule has 1 aliphatic rings. The number of anilines is 1. The van der Waals surface area contributed by atoms with Gasteiger partial charge in [-0.2, -0.15) is 0 Å². The quantitative estimate of drug-likeness (QED) is 0.371. The van der Waals surface area contributed by atoms with Crippen LogP contribution in [0, 0.1) is 0 Å². The van der Waals surface area contributed by atoms with E-state index in [9.17, 15) is 0 Å². The zero-order valence-electron chi connectivity index (χ0n) is 10.7. The molecule has 0 aromatic heterocycles. The molecular weight excluding hydrogens is 226 g/mol. The fourth-order valence-electron chi connectivity index (χ4n) is 2.50. The summed E-state index contributed by atoms with van der Waals surface area (Å²) in [7, 11) is 0. The summed E-state index contributed by atoms with van der Waals surface area (Å²) in [6.45, 7) is 2.07. The Labute approximate surface area is 108 Å². The fourth-order valence-corrected chi connectivity index (χ4v) is 2.50. The lowest BCUT2D eigenvalue weighted by Crippen LogP contribution is -2.26. The largest absolute Gasteiger partial charge is 0.409 e. The van der Waals surface area contributed by atoms with Crippen molar-refractivity contribution in [2.45, 2.75) is 32.1 Å². The first-order chi connectivity index (χ1) is 8.81. The van der Waals surface area contributed by atoms with Crippen molar-refractivity contribution in [1.29, 1.82) is 0 Å². The first-order valence-corrected chi connectivity index (χ1v) is 6.60. The van der Waals surface area contributed by atoms with E-state index in [0.717, 1.165) is 19.5 Å². The molecule has 1 aromatic rings. The van der Waals surface area contributed by atoms with Gasteiger partial charge in [-0.1, -0.05) is 23.4 Å². The van der Waals surface area contributed by atoms with Crippen LogP contribution in [0.2, 0.25) is 0 Å². The molecule has 1 heterocycles. The molecule has 0 unspecified atom stereocenters. The summed E-state index contributed by atoms with van der Waals surface area (Å²) in [4.78, 5) is 2.42. The van der Waals surface area contributed by atoms with Gasteiger partial charge in [-0.3, -0.25) is 0 Å². The van der Waals surface area contributed by atoms with Crippen LogP contribution in [0.15, 0.2) is 29.4 Å². The monoisotopic (exact) mass is 247 g/mol. The molecule has 0 radical (unpaired) electrons. The highest BCUT2D eigenvalue weighted by Gasteiger charge is 2.14. The van der Waals surface area contributed by atoms with Gasteiger partial charge in [-0.25, -0.2) is 0 Å². The lowest BCUT2D eigenvalue weighted by atomic mass is 10.1. The third-order valence-electron chi connectivity index (χ3n) is 3.45. The lowest BCUT2D eigenvalue weighted by molar-refractivity contribution is 0.316. The summed E-state index contributed by atoms with van der Waals surface area (Å²) in [6, 6.07) is 8.63. The van der Waals surface area contributed by atoms with Crippen LogP contribution in [-0.2, 0) is 6.42 Å². The number of fused-ring (bicyclic) bond motifs is 1. The number of nitrogens with two attached hydrogens (primary N) is 1. The fraction of sp³-hybridized carbons (Fsp3) is 0.500. The maximum Gasteiger partial charge on any atom is 0.139 e. The van der Waals surface area contributed by atoms with Crippen LogP contribution in [0.5, 0.6) is 0 Å². The van der Waals surface area contributed by atoms with E-state index >= 15 is 0 Å². The number of nitrogens with zero attached hydrogens (tertiary/aromatic N) is 2. The summed E-state index contributed by atoms with van der Waals surface area (Å²) in [5.74, 6) is 0.318. The molecule has 0 aliphatic carbocycles. The minimum atomic E-state index is 0.318. The Balaban J connectivity index is 2.00. The molecule has 4 nitrogen and oxygen atoms in total. The molecule has 0 saturated carbocycles. The molecule has 0 fully saturated rings. The third-order valence-corrected chi connectivity index (χ3v) is 3.45. The van der Waals surface area contributed by atoms with Gasteiger partial charge in [-0.15, -0.1) is 0 Å². The highest BCUT2D eigenvalue weighted by atomic mass is 16.4. The molecule has 4 heteroatoms. The average molecular weight is 247 g/mol. The molecule has 0 bridgehead atoms. The Morgan fingerprint density at radius 2 is 2.17 bits per heavy atom. The van der Waals surface area contributed by atoms with Crippen molar-refractivity contribution in [3.63, 3.8) is 0 Å². The Morgan fingerprint density at radius 1 is 1.33 bits per heavy atom. The van der Waals surface area contributed by atoms with Gasteiger partial charge in [-0.05, 0) is 37.3 Å².